The van der Waals surface area contributed by atoms with Gasteiger partial charge in [-0.25, -0.2) is 0 Å². The number of benzene rings is 1. The van der Waals surface area contributed by atoms with Crippen molar-refractivity contribution in [1.82, 2.24) is 0 Å². The summed E-state index contributed by atoms with van der Waals surface area (Å²) in [6.45, 7) is 13.2. The van der Waals surface area contributed by atoms with Crippen LogP contribution >= 0.6 is 0 Å². The predicted molar refractivity (Wildman–Crippen MR) is 79.3 cm³/mol. The number of nitrogens with zero attached hydrogens (tertiary/aromatic N) is 1. The van der Waals surface area contributed by atoms with Crippen molar-refractivity contribution in [3.05, 3.63) is 34.9 Å². The minimum atomic E-state index is 0.986. The average molecular weight is 233 g/mol. The summed E-state index contributed by atoms with van der Waals surface area (Å²) in [4.78, 5) is 4.51. The van der Waals surface area contributed by atoms with Crippen molar-refractivity contribution in [2.24, 2.45) is 4.99 Å². The lowest BCUT2D eigenvalue weighted by atomic mass is 9.99. The average Bonchev–Trinajstić information content (AvgIpc) is 2.56. The minimum Gasteiger partial charge on any atom is -0.289 e. The first-order valence-corrected chi connectivity index (χ1v) is 6.88. The number of rotatable bonds is 0. The summed E-state index contributed by atoms with van der Waals surface area (Å²) in [6.07, 6.45) is 2.37. The van der Waals surface area contributed by atoms with E-state index >= 15 is 0 Å². The Kier molecular flexibility index (Phi) is 8.39. The molecule has 1 aliphatic rings. The molecule has 0 spiro atoms. The second kappa shape index (κ2) is 8.98. The van der Waals surface area contributed by atoms with Gasteiger partial charge in [-0.3, -0.25) is 4.99 Å². The number of aliphatic imine (C=N–C) groups is 1. The highest BCUT2D eigenvalue weighted by molar-refractivity contribution is 6.00. The Labute approximate surface area is 107 Å². The number of hydrogen-bond donors (Lipinski definition) is 0. The van der Waals surface area contributed by atoms with E-state index in [4.69, 9.17) is 0 Å². The molecule has 0 unspecified atom stereocenters. The van der Waals surface area contributed by atoms with Gasteiger partial charge in [-0.15, -0.1) is 0 Å². The van der Waals surface area contributed by atoms with Crippen LogP contribution in [0.5, 0.6) is 0 Å². The van der Waals surface area contributed by atoms with E-state index in [1.807, 2.05) is 27.7 Å². The first-order valence-electron chi connectivity index (χ1n) is 6.88. The molecule has 1 heteroatoms. The Morgan fingerprint density at radius 1 is 1.00 bits per heavy atom. The molecule has 0 amide bonds. The first kappa shape index (κ1) is 15.9. The third kappa shape index (κ3) is 4.72. The number of aryl methyl sites for hydroxylation is 2. The molecule has 0 bridgehead atoms. The zero-order valence-electron chi connectivity index (χ0n) is 12.3. The predicted octanol–water partition coefficient (Wildman–Crippen LogP) is 4.80. The van der Waals surface area contributed by atoms with E-state index in [0.29, 0.717) is 0 Å². The summed E-state index contributed by atoms with van der Waals surface area (Å²) in [5.74, 6) is 0. The van der Waals surface area contributed by atoms with Gasteiger partial charge < -0.3 is 0 Å². The quantitative estimate of drug-likeness (QED) is 0.610. The van der Waals surface area contributed by atoms with E-state index in [-0.39, 0.29) is 0 Å². The van der Waals surface area contributed by atoms with Crippen LogP contribution < -0.4 is 0 Å². The van der Waals surface area contributed by atoms with Gasteiger partial charge in [-0.2, -0.15) is 0 Å². The van der Waals surface area contributed by atoms with Gasteiger partial charge in [0.1, 0.15) is 0 Å². The molecule has 1 aromatic carbocycles. The lowest BCUT2D eigenvalue weighted by Crippen LogP contribution is -1.98. The molecule has 0 saturated carbocycles. The summed E-state index contributed by atoms with van der Waals surface area (Å²) >= 11 is 0. The highest BCUT2D eigenvalue weighted by Crippen LogP contribution is 2.17. The molecule has 2 rings (SSSR count). The van der Waals surface area contributed by atoms with Crippen LogP contribution in [0.25, 0.3) is 0 Å². The van der Waals surface area contributed by atoms with Gasteiger partial charge in [0.05, 0.1) is 0 Å². The van der Waals surface area contributed by atoms with E-state index in [1.54, 1.807) is 0 Å². The Bertz CT molecular complexity index is 351. The second-order valence-corrected chi connectivity index (χ2v) is 3.73. The summed E-state index contributed by atoms with van der Waals surface area (Å²) < 4.78 is 0. The fourth-order valence-corrected chi connectivity index (χ4v) is 1.88. The smallest absolute Gasteiger partial charge is 0.0395 e. The molecular formula is C16H27N. The molecule has 1 heterocycles. The van der Waals surface area contributed by atoms with Crippen molar-refractivity contribution >= 4 is 5.71 Å². The number of hydrogen-bond acceptors (Lipinski definition) is 1. The minimum absolute atomic E-state index is 0.986. The van der Waals surface area contributed by atoms with Crippen molar-refractivity contribution in [3.8, 4) is 0 Å². The highest BCUT2D eigenvalue weighted by atomic mass is 14.7. The van der Waals surface area contributed by atoms with Crippen molar-refractivity contribution < 1.29 is 0 Å². The second-order valence-electron chi connectivity index (χ2n) is 3.73. The SMILES string of the molecule is CC.CC.CC1=NCCCc2cc(C)ccc21. The van der Waals surface area contributed by atoms with Gasteiger partial charge in [0.25, 0.3) is 0 Å². The van der Waals surface area contributed by atoms with E-state index < -0.39 is 0 Å². The van der Waals surface area contributed by atoms with Crippen LogP contribution in [0.15, 0.2) is 23.2 Å². The highest BCUT2D eigenvalue weighted by Gasteiger charge is 2.08. The normalized spacial score (nSPS) is 12.9. The van der Waals surface area contributed by atoms with Crippen LogP contribution in [-0.4, -0.2) is 12.3 Å². The largest absolute Gasteiger partial charge is 0.289 e. The standard InChI is InChI=1S/C12H15N.2C2H6/c1-9-5-6-12-10(2)13-7-3-4-11(12)8-9;2*1-2/h5-6,8H,3-4,7H2,1-2H3;2*1-2H3. The van der Waals surface area contributed by atoms with E-state index in [0.717, 1.165) is 6.54 Å². The molecule has 0 aromatic heterocycles. The van der Waals surface area contributed by atoms with Crippen molar-refractivity contribution in [2.75, 3.05) is 6.54 Å². The van der Waals surface area contributed by atoms with Crippen LogP contribution in [0, 0.1) is 6.92 Å². The topological polar surface area (TPSA) is 12.4 Å². The van der Waals surface area contributed by atoms with Crippen LogP contribution in [0.1, 0.15) is 57.7 Å². The molecule has 0 fully saturated rings. The molecular weight excluding hydrogens is 206 g/mol. The Morgan fingerprint density at radius 2 is 1.65 bits per heavy atom. The van der Waals surface area contributed by atoms with Gasteiger partial charge in [0.15, 0.2) is 0 Å². The monoisotopic (exact) mass is 233 g/mol. The zero-order chi connectivity index (χ0) is 13.3. The maximum absolute atomic E-state index is 4.51. The zero-order valence-corrected chi connectivity index (χ0v) is 12.3. The molecule has 1 aliphatic heterocycles. The Balaban J connectivity index is 0.000000581. The summed E-state index contributed by atoms with van der Waals surface area (Å²) in [5, 5.41) is 0. The molecule has 0 N–H and O–H groups in total. The van der Waals surface area contributed by atoms with E-state index in [9.17, 15) is 0 Å². The van der Waals surface area contributed by atoms with Gasteiger partial charge in [0.2, 0.25) is 0 Å². The summed E-state index contributed by atoms with van der Waals surface area (Å²) in [7, 11) is 0. The van der Waals surface area contributed by atoms with Gasteiger partial charge >= 0.3 is 0 Å². The van der Waals surface area contributed by atoms with Crippen LogP contribution in [0.2, 0.25) is 0 Å². The lowest BCUT2D eigenvalue weighted by molar-refractivity contribution is 0.844. The van der Waals surface area contributed by atoms with Crippen molar-refractivity contribution in [1.29, 1.82) is 0 Å². The Morgan fingerprint density at radius 3 is 2.29 bits per heavy atom. The van der Waals surface area contributed by atoms with Crippen molar-refractivity contribution in [3.63, 3.8) is 0 Å². The van der Waals surface area contributed by atoms with Gasteiger partial charge in [-0.1, -0.05) is 51.5 Å². The number of fused-ring (bicyclic) bond motifs is 1. The maximum atomic E-state index is 4.51. The van der Waals surface area contributed by atoms with Crippen LogP contribution in [-0.2, 0) is 6.42 Å². The Hall–Kier alpha value is -1.11. The first-order chi connectivity index (χ1) is 8.27. The molecule has 1 aromatic rings. The van der Waals surface area contributed by atoms with Gasteiger partial charge in [0, 0.05) is 12.3 Å². The van der Waals surface area contributed by atoms with Crippen LogP contribution in [0.4, 0.5) is 0 Å². The molecule has 17 heavy (non-hydrogen) atoms. The molecule has 0 aliphatic carbocycles. The summed E-state index contributed by atoms with van der Waals surface area (Å²) in [5.41, 5.74) is 5.38. The molecule has 0 radical (unpaired) electrons. The molecule has 0 atom stereocenters. The lowest BCUT2D eigenvalue weighted by Gasteiger charge is -2.06. The van der Waals surface area contributed by atoms with Crippen molar-refractivity contribution in [2.45, 2.75) is 54.4 Å². The molecule has 96 valence electrons. The van der Waals surface area contributed by atoms with E-state index in [2.05, 4.69) is 37.0 Å². The fourth-order valence-electron chi connectivity index (χ4n) is 1.88. The third-order valence-electron chi connectivity index (χ3n) is 2.60. The van der Waals surface area contributed by atoms with Crippen LogP contribution in [0.3, 0.4) is 0 Å². The third-order valence-corrected chi connectivity index (χ3v) is 2.60. The summed E-state index contributed by atoms with van der Waals surface area (Å²) in [6, 6.07) is 6.66. The molecule has 0 saturated heterocycles. The van der Waals surface area contributed by atoms with Gasteiger partial charge in [-0.05, 0) is 37.8 Å². The maximum Gasteiger partial charge on any atom is 0.0395 e. The molecule has 1 nitrogen and oxygen atoms in total. The fraction of sp³-hybridized carbons (Fsp3) is 0.562. The van der Waals surface area contributed by atoms with E-state index in [1.165, 1.54) is 35.2 Å².